The topological polar surface area (TPSA) is 0 Å². The maximum Gasteiger partial charge on any atom is 0.0327 e. The maximum absolute atomic E-state index is 2.71. The van der Waals surface area contributed by atoms with Gasteiger partial charge in [0.05, 0.1) is 0 Å². The fourth-order valence-electron chi connectivity index (χ4n) is 19.3. The van der Waals surface area contributed by atoms with Crippen molar-refractivity contribution in [1.29, 1.82) is 0 Å². The van der Waals surface area contributed by atoms with Crippen molar-refractivity contribution in [2.45, 2.75) is 168 Å². The van der Waals surface area contributed by atoms with Gasteiger partial charge in [-0.2, -0.15) is 0 Å². The van der Waals surface area contributed by atoms with E-state index in [0.29, 0.717) is 10.8 Å². The molecular formula is C72H78. The lowest BCUT2D eigenvalue weighted by Gasteiger charge is -2.67. The molecule has 0 amide bonds. The molecule has 0 radical (unpaired) electrons. The summed E-state index contributed by atoms with van der Waals surface area (Å²) < 4.78 is 0. The van der Waals surface area contributed by atoms with Crippen molar-refractivity contribution in [1.82, 2.24) is 0 Å². The van der Waals surface area contributed by atoms with Crippen LogP contribution in [0.3, 0.4) is 0 Å². The predicted molar refractivity (Wildman–Crippen MR) is 306 cm³/mol. The third-order valence-corrected chi connectivity index (χ3v) is 21.8. The summed E-state index contributed by atoms with van der Waals surface area (Å²) in [5, 5.41) is 0. The highest BCUT2D eigenvalue weighted by atomic mass is 14.7. The number of fused-ring (bicyclic) bond motifs is 6. The second-order valence-corrected chi connectivity index (χ2v) is 24.6. The van der Waals surface area contributed by atoms with Crippen LogP contribution in [0.4, 0.5) is 0 Å². The number of aryl methyl sites for hydroxylation is 2. The number of rotatable bonds is 10. The first-order valence-corrected chi connectivity index (χ1v) is 29.0. The fraction of sp³-hybridized carbons (Fsp3) is 0.417. The molecule has 13 rings (SSSR count). The van der Waals surface area contributed by atoms with Crippen LogP contribution in [0.5, 0.6) is 0 Å². The van der Waals surface area contributed by atoms with Crippen molar-refractivity contribution in [3.05, 3.63) is 179 Å². The summed E-state index contributed by atoms with van der Waals surface area (Å²) in [6.45, 7) is 14.5. The summed E-state index contributed by atoms with van der Waals surface area (Å²) in [4.78, 5) is 0. The minimum Gasteiger partial charge on any atom is -0.0654 e. The van der Waals surface area contributed by atoms with Gasteiger partial charge in [0.1, 0.15) is 0 Å². The zero-order chi connectivity index (χ0) is 49.1. The Morgan fingerprint density at radius 1 is 0.292 bits per heavy atom. The van der Waals surface area contributed by atoms with Gasteiger partial charge in [-0.05, 0) is 220 Å². The van der Waals surface area contributed by atoms with E-state index in [1.165, 1.54) is 193 Å². The first-order valence-electron chi connectivity index (χ1n) is 29.0. The van der Waals surface area contributed by atoms with Crippen LogP contribution in [-0.4, -0.2) is 0 Å². The van der Waals surface area contributed by atoms with E-state index in [4.69, 9.17) is 0 Å². The highest BCUT2D eigenvalue weighted by molar-refractivity contribution is 5.89. The molecule has 2 spiro atoms. The third kappa shape index (κ3) is 6.11. The normalized spacial score (nSPS) is 28.4. The molecule has 0 atom stereocenters. The van der Waals surface area contributed by atoms with Crippen molar-refractivity contribution in [3.8, 4) is 66.8 Å². The third-order valence-electron chi connectivity index (χ3n) is 21.8. The Bertz CT molecular complexity index is 3130. The van der Waals surface area contributed by atoms with Gasteiger partial charge in [-0.15, -0.1) is 0 Å². The predicted octanol–water partition coefficient (Wildman–Crippen LogP) is 20.6. The molecule has 0 saturated heterocycles. The van der Waals surface area contributed by atoms with E-state index in [2.05, 4.69) is 187 Å². The van der Waals surface area contributed by atoms with Gasteiger partial charge in [-0.3, -0.25) is 0 Å². The molecule has 0 nitrogen and oxygen atoms in total. The standard InChI is InChI=1S/C72H78/c1-7-35-69-41-13-43-70(36-8-2,44-14-42-69)72(69)65-47-56(53-18-15-49(5)16-19-53)28-33-61(65)62-34-30-58(48-66(62)72)55-26-22-52(23-27-55)51-20-24-54(25-21-51)57-29-32-60-59-31-17-50(6)45-63(59)71(64(60)46-57)67(9-3)37-11-39-68(71,10-4)40-12-38-67/h15-34,45-48H,7-14,35-44H2,1-6H3. The Kier molecular flexibility index (Phi) is 11.0. The lowest BCUT2D eigenvalue weighted by atomic mass is 9.36. The van der Waals surface area contributed by atoms with Crippen LogP contribution in [0.25, 0.3) is 66.8 Å². The Morgan fingerprint density at radius 2 is 0.556 bits per heavy atom. The molecule has 6 aliphatic carbocycles. The zero-order valence-corrected chi connectivity index (χ0v) is 44.6. The van der Waals surface area contributed by atoms with Gasteiger partial charge in [0.25, 0.3) is 0 Å². The summed E-state index contributed by atoms with van der Waals surface area (Å²) >= 11 is 0. The zero-order valence-electron chi connectivity index (χ0n) is 44.6. The average molecular weight is 943 g/mol. The van der Waals surface area contributed by atoms with Gasteiger partial charge in [0.2, 0.25) is 0 Å². The van der Waals surface area contributed by atoms with Crippen molar-refractivity contribution in [2.75, 3.05) is 0 Å². The first kappa shape index (κ1) is 46.3. The van der Waals surface area contributed by atoms with E-state index in [-0.39, 0.29) is 21.7 Å². The molecule has 0 unspecified atom stereocenters. The molecule has 4 fully saturated rings. The van der Waals surface area contributed by atoms with Crippen LogP contribution in [0, 0.1) is 35.5 Å². The van der Waals surface area contributed by atoms with E-state index >= 15 is 0 Å². The van der Waals surface area contributed by atoms with Crippen LogP contribution < -0.4 is 0 Å². The summed E-state index contributed by atoms with van der Waals surface area (Å²) in [6, 6.07) is 58.8. The maximum atomic E-state index is 2.71. The Labute approximate surface area is 433 Å². The van der Waals surface area contributed by atoms with Crippen molar-refractivity contribution in [2.24, 2.45) is 21.7 Å². The molecule has 0 heterocycles. The monoisotopic (exact) mass is 943 g/mol. The molecule has 366 valence electrons. The molecule has 0 N–H and O–H groups in total. The summed E-state index contributed by atoms with van der Waals surface area (Å²) in [5.41, 5.74) is 27.3. The van der Waals surface area contributed by atoms with E-state index < -0.39 is 0 Å². The smallest absolute Gasteiger partial charge is 0.0327 e. The molecule has 6 aliphatic rings. The van der Waals surface area contributed by atoms with Crippen molar-refractivity contribution in [3.63, 3.8) is 0 Å². The summed E-state index contributed by atoms with van der Waals surface area (Å²) in [6.07, 6.45) is 23.9. The van der Waals surface area contributed by atoms with Gasteiger partial charge in [-0.25, -0.2) is 0 Å². The summed E-state index contributed by atoms with van der Waals surface area (Å²) in [7, 11) is 0. The average Bonchev–Trinajstić information content (AvgIpc) is 3.85. The van der Waals surface area contributed by atoms with Crippen molar-refractivity contribution < 1.29 is 0 Å². The molecule has 0 aromatic heterocycles. The first-order chi connectivity index (χ1) is 35.1. The Hall–Kier alpha value is -5.46. The second-order valence-electron chi connectivity index (χ2n) is 24.6. The van der Waals surface area contributed by atoms with Gasteiger partial charge >= 0.3 is 0 Å². The van der Waals surface area contributed by atoms with Gasteiger partial charge in [0, 0.05) is 10.8 Å². The van der Waals surface area contributed by atoms with Crippen LogP contribution >= 0.6 is 0 Å². The molecule has 7 aromatic carbocycles. The quantitative estimate of drug-likeness (QED) is 0.128. The molecule has 7 aromatic rings. The van der Waals surface area contributed by atoms with Crippen LogP contribution in [0.1, 0.15) is 177 Å². The van der Waals surface area contributed by atoms with Gasteiger partial charge < -0.3 is 0 Å². The van der Waals surface area contributed by atoms with Gasteiger partial charge in [-0.1, -0.05) is 205 Å². The van der Waals surface area contributed by atoms with Crippen LogP contribution in [-0.2, 0) is 10.8 Å². The highest BCUT2D eigenvalue weighted by Crippen LogP contribution is 2.78. The molecule has 4 saturated carbocycles. The summed E-state index contributed by atoms with van der Waals surface area (Å²) in [5.74, 6) is 0. The fourth-order valence-corrected chi connectivity index (χ4v) is 19.3. The Balaban J connectivity index is 0.865. The van der Waals surface area contributed by atoms with E-state index in [1.54, 1.807) is 22.3 Å². The van der Waals surface area contributed by atoms with E-state index in [1.807, 2.05) is 0 Å². The minimum atomic E-state index is 0.0121. The molecular weight excluding hydrogens is 865 g/mol. The highest BCUT2D eigenvalue weighted by Gasteiger charge is 2.70. The molecule has 0 aliphatic heterocycles. The number of benzene rings is 7. The number of hydrogen-bond acceptors (Lipinski definition) is 0. The Morgan fingerprint density at radius 3 is 0.903 bits per heavy atom. The van der Waals surface area contributed by atoms with Crippen LogP contribution in [0.15, 0.2) is 146 Å². The lowest BCUT2D eigenvalue weighted by Crippen LogP contribution is -2.62. The second kappa shape index (κ2) is 17.0. The van der Waals surface area contributed by atoms with Crippen LogP contribution in [0.2, 0.25) is 0 Å². The number of hydrogen-bond donors (Lipinski definition) is 0. The molecule has 0 heteroatoms. The molecule has 4 bridgehead atoms. The van der Waals surface area contributed by atoms with Gasteiger partial charge in [0.15, 0.2) is 0 Å². The van der Waals surface area contributed by atoms with E-state index in [0.717, 1.165) is 0 Å². The lowest BCUT2D eigenvalue weighted by molar-refractivity contribution is -0.0949. The molecule has 72 heavy (non-hydrogen) atoms. The largest absolute Gasteiger partial charge is 0.0654 e. The van der Waals surface area contributed by atoms with Crippen molar-refractivity contribution >= 4 is 0 Å². The SMILES string of the molecule is CCCC12CCCC(CCC)(CCC1)C21c2cc(-c3ccc(C)cc3)ccc2-c2ccc(-c3ccc(-c4ccc(-c5ccc6c(c5)C5(c7cc(C)ccc7-6)C6(CC)CCCC5(CC)CCC6)cc4)cc3)cc21. The minimum absolute atomic E-state index is 0.0121. The van der Waals surface area contributed by atoms with E-state index in [9.17, 15) is 0 Å².